The Morgan fingerprint density at radius 2 is 1.53 bits per heavy atom. The minimum atomic E-state index is -0.746. The summed E-state index contributed by atoms with van der Waals surface area (Å²) in [6.45, 7) is 1.94. The van der Waals surface area contributed by atoms with E-state index in [0.717, 1.165) is 19.3 Å². The van der Waals surface area contributed by atoms with Crippen LogP contribution in [0.25, 0.3) is 10.8 Å². The van der Waals surface area contributed by atoms with Gasteiger partial charge in [0.2, 0.25) is 0 Å². The standard InChI is InChI=1S/C38H45N3O8/c1-3-4-5-6-7-8-9-10-11-14-24-40(38(45)49-34-23-20-28(41(46)47)25-27(34)26-42)33-18-15-16-30-29(33)21-22-31(36(30)43)37(44)39-32-17-12-13-19-35(32)48-2/h12-13,15-23,25,42-43H,3-11,14,24,26H2,1-2H3,(H,39,44). The van der Waals surface area contributed by atoms with E-state index in [1.54, 1.807) is 48.5 Å². The fraction of sp³-hybridized carbons (Fsp3) is 0.368. The van der Waals surface area contributed by atoms with Crippen LogP contribution in [0.5, 0.6) is 17.2 Å². The number of fused-ring (bicyclic) bond motifs is 1. The van der Waals surface area contributed by atoms with Crippen molar-refractivity contribution in [2.24, 2.45) is 0 Å². The van der Waals surface area contributed by atoms with E-state index in [1.807, 2.05) is 0 Å². The third-order valence-corrected chi connectivity index (χ3v) is 8.48. The van der Waals surface area contributed by atoms with E-state index < -0.39 is 23.5 Å². The summed E-state index contributed by atoms with van der Waals surface area (Å²) in [4.78, 5) is 39.2. The molecule has 0 saturated carbocycles. The van der Waals surface area contributed by atoms with E-state index in [0.29, 0.717) is 40.9 Å². The van der Waals surface area contributed by atoms with E-state index in [9.17, 15) is 29.9 Å². The molecule has 0 aromatic heterocycles. The highest BCUT2D eigenvalue weighted by Gasteiger charge is 2.24. The second-order valence-electron chi connectivity index (χ2n) is 11.9. The number of phenolic OH excluding ortho intramolecular Hbond substituents is 1. The fourth-order valence-corrected chi connectivity index (χ4v) is 5.80. The van der Waals surface area contributed by atoms with Gasteiger partial charge in [0.1, 0.15) is 17.2 Å². The van der Waals surface area contributed by atoms with Crippen molar-refractivity contribution in [3.63, 3.8) is 0 Å². The molecule has 11 nitrogen and oxygen atoms in total. The lowest BCUT2D eigenvalue weighted by Crippen LogP contribution is -2.35. The molecule has 0 atom stereocenters. The molecule has 4 rings (SSSR count). The van der Waals surface area contributed by atoms with Gasteiger partial charge in [-0.3, -0.25) is 19.8 Å². The van der Waals surface area contributed by atoms with Gasteiger partial charge in [0.15, 0.2) is 0 Å². The molecule has 2 amide bonds. The molecule has 0 saturated heterocycles. The number of nitro groups is 1. The third-order valence-electron chi connectivity index (χ3n) is 8.48. The first-order valence-corrected chi connectivity index (χ1v) is 16.9. The van der Waals surface area contributed by atoms with E-state index in [2.05, 4.69) is 12.2 Å². The number of methoxy groups -OCH3 is 1. The van der Waals surface area contributed by atoms with Crippen molar-refractivity contribution in [1.29, 1.82) is 0 Å². The van der Waals surface area contributed by atoms with Crippen molar-refractivity contribution in [3.05, 3.63) is 94.0 Å². The number of benzene rings is 4. The van der Waals surface area contributed by atoms with E-state index in [-0.39, 0.29) is 28.3 Å². The molecule has 4 aromatic carbocycles. The Hall–Kier alpha value is -5.16. The zero-order valence-electron chi connectivity index (χ0n) is 28.2. The van der Waals surface area contributed by atoms with Crippen molar-refractivity contribution in [3.8, 4) is 17.2 Å². The molecular formula is C38H45N3O8. The number of hydrogen-bond donors (Lipinski definition) is 3. The fourth-order valence-electron chi connectivity index (χ4n) is 5.80. The van der Waals surface area contributed by atoms with Crippen LogP contribution in [0.1, 0.15) is 87.1 Å². The van der Waals surface area contributed by atoms with Gasteiger partial charge in [-0.2, -0.15) is 0 Å². The second-order valence-corrected chi connectivity index (χ2v) is 11.9. The van der Waals surface area contributed by atoms with Gasteiger partial charge in [0.05, 0.1) is 35.6 Å². The number of nitrogens with one attached hydrogen (secondary N) is 1. The maximum absolute atomic E-state index is 13.8. The highest BCUT2D eigenvalue weighted by molar-refractivity contribution is 6.12. The van der Waals surface area contributed by atoms with Crippen molar-refractivity contribution < 1.29 is 34.2 Å². The van der Waals surface area contributed by atoms with Gasteiger partial charge in [-0.15, -0.1) is 0 Å². The summed E-state index contributed by atoms with van der Waals surface area (Å²) >= 11 is 0. The second kappa shape index (κ2) is 18.4. The number of aliphatic hydroxyl groups excluding tert-OH is 1. The first-order chi connectivity index (χ1) is 23.8. The third kappa shape index (κ3) is 9.70. The Morgan fingerprint density at radius 3 is 2.20 bits per heavy atom. The summed E-state index contributed by atoms with van der Waals surface area (Å²) < 4.78 is 11.1. The lowest BCUT2D eigenvalue weighted by Gasteiger charge is -2.24. The quantitative estimate of drug-likeness (QED) is 0.0538. The van der Waals surface area contributed by atoms with Gasteiger partial charge in [-0.05, 0) is 36.8 Å². The van der Waals surface area contributed by atoms with Crippen LogP contribution in [0.3, 0.4) is 0 Å². The molecule has 0 unspecified atom stereocenters. The number of anilines is 2. The number of aliphatic hydroxyl groups is 1. The lowest BCUT2D eigenvalue weighted by atomic mass is 10.0. The molecule has 0 aliphatic heterocycles. The van der Waals surface area contributed by atoms with Crippen molar-refractivity contribution >= 4 is 39.8 Å². The van der Waals surface area contributed by atoms with Crippen LogP contribution < -0.4 is 19.7 Å². The van der Waals surface area contributed by atoms with Crippen LogP contribution >= 0.6 is 0 Å². The molecule has 0 aliphatic rings. The van der Waals surface area contributed by atoms with Gasteiger partial charge in [0, 0.05) is 35.0 Å². The van der Waals surface area contributed by atoms with E-state index in [1.165, 1.54) is 74.8 Å². The molecule has 11 heteroatoms. The van der Waals surface area contributed by atoms with Crippen LogP contribution in [0.4, 0.5) is 21.9 Å². The number of phenols is 1. The molecule has 0 aliphatic carbocycles. The largest absolute Gasteiger partial charge is 0.506 e. The maximum Gasteiger partial charge on any atom is 0.419 e. The van der Waals surface area contributed by atoms with Gasteiger partial charge in [0.25, 0.3) is 11.6 Å². The van der Waals surface area contributed by atoms with Crippen LogP contribution in [0.15, 0.2) is 72.8 Å². The Morgan fingerprint density at radius 1 is 0.837 bits per heavy atom. The minimum Gasteiger partial charge on any atom is -0.506 e. The van der Waals surface area contributed by atoms with Crippen LogP contribution in [0, 0.1) is 10.1 Å². The zero-order chi connectivity index (χ0) is 35.2. The normalized spacial score (nSPS) is 10.9. The Kier molecular flexibility index (Phi) is 13.8. The highest BCUT2D eigenvalue weighted by Crippen LogP contribution is 2.36. The number of carbonyl (C=O) groups is 2. The first-order valence-electron chi connectivity index (χ1n) is 16.9. The highest BCUT2D eigenvalue weighted by atomic mass is 16.6. The Balaban J connectivity index is 1.58. The number of hydrogen-bond acceptors (Lipinski definition) is 8. The number of aromatic hydroxyl groups is 1. The lowest BCUT2D eigenvalue weighted by molar-refractivity contribution is -0.385. The molecule has 4 aromatic rings. The topological polar surface area (TPSA) is 151 Å². The number of amides is 2. The molecule has 49 heavy (non-hydrogen) atoms. The summed E-state index contributed by atoms with van der Waals surface area (Å²) in [6.07, 6.45) is 10.4. The SMILES string of the molecule is CCCCCCCCCCCCN(C(=O)Oc1ccc([N+](=O)[O-])cc1CO)c1cccc2c(O)c(C(=O)Nc3ccccc3OC)ccc12. The van der Waals surface area contributed by atoms with Gasteiger partial charge < -0.3 is 25.0 Å². The van der Waals surface area contributed by atoms with Crippen LogP contribution in [0.2, 0.25) is 0 Å². The molecule has 3 N–H and O–H groups in total. The molecule has 0 radical (unpaired) electrons. The smallest absolute Gasteiger partial charge is 0.419 e. The minimum absolute atomic E-state index is 0.00422. The van der Waals surface area contributed by atoms with Crippen LogP contribution in [-0.4, -0.2) is 40.8 Å². The van der Waals surface area contributed by atoms with E-state index in [4.69, 9.17) is 9.47 Å². The van der Waals surface area contributed by atoms with E-state index >= 15 is 0 Å². The Labute approximate surface area is 286 Å². The van der Waals surface area contributed by atoms with Crippen molar-refractivity contribution in [2.45, 2.75) is 77.7 Å². The van der Waals surface area contributed by atoms with Crippen LogP contribution in [-0.2, 0) is 6.61 Å². The predicted octanol–water partition coefficient (Wildman–Crippen LogP) is 9.13. The zero-order valence-corrected chi connectivity index (χ0v) is 28.2. The predicted molar refractivity (Wildman–Crippen MR) is 191 cm³/mol. The monoisotopic (exact) mass is 671 g/mol. The molecule has 0 heterocycles. The first kappa shape index (κ1) is 36.7. The molecular weight excluding hydrogens is 626 g/mol. The summed E-state index contributed by atoms with van der Waals surface area (Å²) in [5.41, 5.74) is 0.807. The summed E-state index contributed by atoms with van der Waals surface area (Å²) in [6, 6.07) is 18.9. The number of nitrogens with zero attached hydrogens (tertiary/aromatic N) is 2. The average Bonchev–Trinajstić information content (AvgIpc) is 3.11. The Bertz CT molecular complexity index is 1740. The molecule has 260 valence electrons. The van der Waals surface area contributed by atoms with Crippen molar-refractivity contribution in [1.82, 2.24) is 0 Å². The molecule has 0 bridgehead atoms. The van der Waals surface area contributed by atoms with Gasteiger partial charge in [-0.25, -0.2) is 4.79 Å². The number of nitro benzene ring substituents is 1. The van der Waals surface area contributed by atoms with Crippen molar-refractivity contribution in [2.75, 3.05) is 23.9 Å². The molecule has 0 spiro atoms. The summed E-state index contributed by atoms with van der Waals surface area (Å²) in [5, 5.41) is 36.1. The average molecular weight is 672 g/mol. The number of unbranched alkanes of at least 4 members (excludes halogenated alkanes) is 9. The van der Waals surface area contributed by atoms with Gasteiger partial charge in [-0.1, -0.05) is 95.0 Å². The summed E-state index contributed by atoms with van der Waals surface area (Å²) in [5.74, 6) is -0.316. The number of carbonyl (C=O) groups excluding carboxylic acids is 2. The molecule has 0 fully saturated rings. The number of non-ortho nitro benzene ring substituents is 1. The summed E-state index contributed by atoms with van der Waals surface area (Å²) in [7, 11) is 1.50. The number of ether oxygens (including phenoxy) is 2. The maximum atomic E-state index is 13.8. The number of para-hydroxylation sites is 2. The number of rotatable bonds is 18. The van der Waals surface area contributed by atoms with Gasteiger partial charge >= 0.3 is 6.09 Å².